The monoisotopic (exact) mass is 308 g/mol. The summed E-state index contributed by atoms with van der Waals surface area (Å²) in [6, 6.07) is 1.82. The third kappa shape index (κ3) is 4.35. The Morgan fingerprint density at radius 1 is 1.43 bits per heavy atom. The maximum absolute atomic E-state index is 11.9. The van der Waals surface area contributed by atoms with Crippen molar-refractivity contribution in [3.63, 3.8) is 0 Å². The van der Waals surface area contributed by atoms with Crippen LogP contribution < -0.4 is 10.9 Å². The first-order valence-corrected chi connectivity index (χ1v) is 7.93. The molecule has 0 atom stereocenters. The molecule has 2 heterocycles. The molecule has 0 aliphatic rings. The predicted molar refractivity (Wildman–Crippen MR) is 84.6 cm³/mol. The molecule has 2 rings (SSSR count). The Balaban J connectivity index is 1.94. The fourth-order valence-electron chi connectivity index (χ4n) is 1.89. The van der Waals surface area contributed by atoms with E-state index in [1.54, 1.807) is 0 Å². The fourth-order valence-corrected chi connectivity index (χ4v) is 2.58. The number of rotatable bonds is 6. The van der Waals surface area contributed by atoms with E-state index in [9.17, 15) is 9.59 Å². The first-order chi connectivity index (χ1) is 9.95. The summed E-state index contributed by atoms with van der Waals surface area (Å²) >= 11 is 1.23. The molecule has 114 valence electrons. The second-order valence-corrected chi connectivity index (χ2v) is 6.37. The minimum atomic E-state index is -0.212. The first kappa shape index (κ1) is 15.6. The van der Waals surface area contributed by atoms with Crippen molar-refractivity contribution in [3.05, 3.63) is 22.1 Å². The molecule has 0 fully saturated rings. The van der Waals surface area contributed by atoms with Crippen LogP contribution >= 0.6 is 11.8 Å². The van der Waals surface area contributed by atoms with E-state index in [0.717, 1.165) is 12.1 Å². The average molecular weight is 308 g/mol. The SMILES string of the molecule is Cc1cc2nc(SCC(=O)NCCC(C)C)[nH]c(=O)c2[nH]1. The molecule has 0 aliphatic heterocycles. The summed E-state index contributed by atoms with van der Waals surface area (Å²) in [7, 11) is 0. The zero-order valence-corrected chi connectivity index (χ0v) is 13.3. The molecular weight excluding hydrogens is 288 g/mol. The van der Waals surface area contributed by atoms with E-state index >= 15 is 0 Å². The Kier molecular flexibility index (Phi) is 5.06. The Hall–Kier alpha value is -1.76. The number of amides is 1. The van der Waals surface area contributed by atoms with Gasteiger partial charge in [0.05, 0.1) is 11.3 Å². The van der Waals surface area contributed by atoms with Gasteiger partial charge in [-0.25, -0.2) is 4.98 Å². The van der Waals surface area contributed by atoms with Crippen molar-refractivity contribution in [2.45, 2.75) is 32.3 Å². The predicted octanol–water partition coefficient (Wildman–Crippen LogP) is 1.81. The fraction of sp³-hybridized carbons (Fsp3) is 0.500. The summed E-state index contributed by atoms with van der Waals surface area (Å²) in [5.74, 6) is 0.763. The standard InChI is InChI=1S/C14H20N4O2S/c1-8(2)4-5-15-11(19)7-21-14-17-10-6-9(3)16-12(10)13(20)18-14/h6,8,16H,4-5,7H2,1-3H3,(H,15,19)(H,17,18,20). The lowest BCUT2D eigenvalue weighted by molar-refractivity contribution is -0.118. The molecule has 0 aliphatic carbocycles. The molecule has 2 aromatic heterocycles. The van der Waals surface area contributed by atoms with Gasteiger partial charge in [0.2, 0.25) is 5.91 Å². The number of nitrogens with zero attached hydrogens (tertiary/aromatic N) is 1. The van der Waals surface area contributed by atoms with Gasteiger partial charge in [0.15, 0.2) is 5.16 Å². The summed E-state index contributed by atoms with van der Waals surface area (Å²) in [6.45, 7) is 6.78. The summed E-state index contributed by atoms with van der Waals surface area (Å²) in [5.41, 5.74) is 1.77. The van der Waals surface area contributed by atoms with E-state index in [1.807, 2.05) is 13.0 Å². The highest BCUT2D eigenvalue weighted by atomic mass is 32.2. The summed E-state index contributed by atoms with van der Waals surface area (Å²) < 4.78 is 0. The molecule has 0 unspecified atom stereocenters. The lowest BCUT2D eigenvalue weighted by atomic mass is 10.1. The van der Waals surface area contributed by atoms with Gasteiger partial charge in [0.25, 0.3) is 5.56 Å². The molecule has 0 bridgehead atoms. The molecular formula is C14H20N4O2S. The zero-order valence-electron chi connectivity index (χ0n) is 12.4. The van der Waals surface area contributed by atoms with Crippen LogP contribution in [-0.4, -0.2) is 33.2 Å². The molecule has 2 aromatic rings. The van der Waals surface area contributed by atoms with E-state index in [-0.39, 0.29) is 17.2 Å². The highest BCUT2D eigenvalue weighted by Gasteiger charge is 2.09. The minimum Gasteiger partial charge on any atom is -0.355 e. The van der Waals surface area contributed by atoms with Crippen LogP contribution in [0.4, 0.5) is 0 Å². The van der Waals surface area contributed by atoms with Crippen molar-refractivity contribution >= 4 is 28.7 Å². The summed E-state index contributed by atoms with van der Waals surface area (Å²) in [5, 5.41) is 3.32. The molecule has 0 spiro atoms. The maximum atomic E-state index is 11.9. The first-order valence-electron chi connectivity index (χ1n) is 6.95. The van der Waals surface area contributed by atoms with Gasteiger partial charge in [0.1, 0.15) is 5.52 Å². The van der Waals surface area contributed by atoms with Gasteiger partial charge >= 0.3 is 0 Å². The number of carbonyl (C=O) groups excluding carboxylic acids is 1. The largest absolute Gasteiger partial charge is 0.355 e. The highest BCUT2D eigenvalue weighted by molar-refractivity contribution is 7.99. The summed E-state index contributed by atoms with van der Waals surface area (Å²) in [6.07, 6.45) is 0.958. The van der Waals surface area contributed by atoms with Crippen molar-refractivity contribution in [2.75, 3.05) is 12.3 Å². The number of fused-ring (bicyclic) bond motifs is 1. The van der Waals surface area contributed by atoms with E-state index in [1.165, 1.54) is 11.8 Å². The Bertz CT molecular complexity index is 690. The average Bonchev–Trinajstić information content (AvgIpc) is 2.77. The molecule has 6 nitrogen and oxygen atoms in total. The van der Waals surface area contributed by atoms with Crippen LogP contribution in [0.3, 0.4) is 0 Å². The van der Waals surface area contributed by atoms with E-state index in [2.05, 4.69) is 34.1 Å². The summed E-state index contributed by atoms with van der Waals surface area (Å²) in [4.78, 5) is 33.5. The van der Waals surface area contributed by atoms with Crippen molar-refractivity contribution in [1.82, 2.24) is 20.3 Å². The second kappa shape index (κ2) is 6.80. The Morgan fingerprint density at radius 2 is 2.19 bits per heavy atom. The van der Waals surface area contributed by atoms with Crippen LogP contribution in [0.25, 0.3) is 11.0 Å². The third-order valence-electron chi connectivity index (χ3n) is 2.98. The normalized spacial score (nSPS) is 11.2. The molecule has 1 amide bonds. The Labute approximate surface area is 127 Å². The van der Waals surface area contributed by atoms with Crippen LogP contribution in [0.15, 0.2) is 16.0 Å². The zero-order chi connectivity index (χ0) is 15.4. The van der Waals surface area contributed by atoms with Gasteiger partial charge in [0, 0.05) is 12.2 Å². The van der Waals surface area contributed by atoms with E-state index in [0.29, 0.717) is 28.7 Å². The van der Waals surface area contributed by atoms with E-state index in [4.69, 9.17) is 0 Å². The van der Waals surface area contributed by atoms with Gasteiger partial charge in [-0.3, -0.25) is 14.6 Å². The van der Waals surface area contributed by atoms with Gasteiger partial charge in [-0.2, -0.15) is 0 Å². The molecule has 3 N–H and O–H groups in total. The Morgan fingerprint density at radius 3 is 2.90 bits per heavy atom. The number of hydrogen-bond donors (Lipinski definition) is 3. The molecule has 0 aromatic carbocycles. The highest BCUT2D eigenvalue weighted by Crippen LogP contribution is 2.15. The molecule has 7 heteroatoms. The number of aryl methyl sites for hydroxylation is 1. The minimum absolute atomic E-state index is 0.0476. The van der Waals surface area contributed by atoms with Crippen LogP contribution in [-0.2, 0) is 4.79 Å². The smallest absolute Gasteiger partial charge is 0.275 e. The number of nitrogens with one attached hydrogen (secondary N) is 3. The number of H-pyrrole nitrogens is 2. The van der Waals surface area contributed by atoms with E-state index < -0.39 is 0 Å². The molecule has 21 heavy (non-hydrogen) atoms. The third-order valence-corrected chi connectivity index (χ3v) is 3.86. The van der Waals surface area contributed by atoms with Gasteiger partial charge < -0.3 is 10.3 Å². The molecule has 0 saturated carbocycles. The van der Waals surface area contributed by atoms with Crippen LogP contribution in [0.2, 0.25) is 0 Å². The number of aromatic nitrogens is 3. The van der Waals surface area contributed by atoms with Crippen molar-refractivity contribution < 1.29 is 4.79 Å². The van der Waals surface area contributed by atoms with Crippen LogP contribution in [0.5, 0.6) is 0 Å². The van der Waals surface area contributed by atoms with Crippen molar-refractivity contribution in [3.8, 4) is 0 Å². The number of hydrogen-bond acceptors (Lipinski definition) is 4. The van der Waals surface area contributed by atoms with Crippen molar-refractivity contribution in [2.24, 2.45) is 5.92 Å². The quantitative estimate of drug-likeness (QED) is 0.561. The molecule has 0 saturated heterocycles. The maximum Gasteiger partial charge on any atom is 0.275 e. The number of thioether (sulfide) groups is 1. The van der Waals surface area contributed by atoms with Crippen LogP contribution in [0, 0.1) is 12.8 Å². The second-order valence-electron chi connectivity index (χ2n) is 5.40. The van der Waals surface area contributed by atoms with Gasteiger partial charge in [-0.05, 0) is 25.3 Å². The lowest BCUT2D eigenvalue weighted by Gasteiger charge is -2.06. The van der Waals surface area contributed by atoms with Crippen molar-refractivity contribution in [1.29, 1.82) is 0 Å². The topological polar surface area (TPSA) is 90.6 Å². The van der Waals surface area contributed by atoms with Crippen LogP contribution in [0.1, 0.15) is 26.0 Å². The molecule has 0 radical (unpaired) electrons. The number of aromatic amines is 2. The number of carbonyl (C=O) groups is 1. The van der Waals surface area contributed by atoms with Gasteiger partial charge in [-0.15, -0.1) is 0 Å². The lowest BCUT2D eigenvalue weighted by Crippen LogP contribution is -2.27. The van der Waals surface area contributed by atoms with Gasteiger partial charge in [-0.1, -0.05) is 25.6 Å².